The molecular weight excluding hydrogens is 412 g/mol. The molecule has 0 aliphatic rings. The number of allylic oxidation sites excluding steroid dienone is 2. The first-order valence-electron chi connectivity index (χ1n) is 16.0. The summed E-state index contributed by atoms with van der Waals surface area (Å²) >= 11 is 0. The highest BCUT2D eigenvalue weighted by Gasteiger charge is 2.18. The summed E-state index contributed by atoms with van der Waals surface area (Å²) in [6.45, 7) is 9.43. The van der Waals surface area contributed by atoms with Gasteiger partial charge in [-0.3, -0.25) is 0 Å². The molecule has 1 unspecified atom stereocenters. The van der Waals surface area contributed by atoms with Gasteiger partial charge < -0.3 is 0 Å². The molecule has 0 N–H and O–H groups in total. The van der Waals surface area contributed by atoms with Crippen molar-refractivity contribution in [2.45, 2.75) is 193 Å². The summed E-state index contributed by atoms with van der Waals surface area (Å²) in [5, 5.41) is 0. The van der Waals surface area contributed by atoms with Crippen LogP contribution in [0.2, 0.25) is 17.6 Å². The Morgan fingerprint density at radius 1 is 0.455 bits per heavy atom. The zero-order valence-electron chi connectivity index (χ0n) is 24.0. The Balaban J connectivity index is 4.30. The molecule has 198 valence electrons. The Hall–Kier alpha value is -0.0431. The van der Waals surface area contributed by atoms with Gasteiger partial charge >= 0.3 is 0 Å². The highest BCUT2D eigenvalue weighted by Crippen LogP contribution is 2.28. The minimum absolute atomic E-state index is 0.645. The maximum absolute atomic E-state index is 2.70. The van der Waals surface area contributed by atoms with Crippen LogP contribution < -0.4 is 0 Å². The predicted molar refractivity (Wildman–Crippen MR) is 159 cm³/mol. The van der Waals surface area contributed by atoms with E-state index in [-0.39, 0.29) is 0 Å². The average molecular weight is 479 g/mol. The van der Waals surface area contributed by atoms with Crippen LogP contribution in [0.4, 0.5) is 0 Å². The summed E-state index contributed by atoms with van der Waals surface area (Å²) in [5.74, 6) is 0. The standard InChI is InChI=1S/C32H66Si/c1-5-9-12-15-18-21-24-27-30-33(31-28-25-22-19-16-13-10-6-2)32(8-4)29-26-23-20-17-14-11-7-3/h26,29,32-33H,5-25,27-28,30-31H2,1-4H3. The van der Waals surface area contributed by atoms with Crippen LogP contribution in [0.1, 0.15) is 175 Å². The van der Waals surface area contributed by atoms with Gasteiger partial charge in [0.25, 0.3) is 0 Å². The van der Waals surface area contributed by atoms with Crippen molar-refractivity contribution in [1.29, 1.82) is 0 Å². The molecule has 1 heteroatoms. The van der Waals surface area contributed by atoms with E-state index in [0.29, 0.717) is 0 Å². The van der Waals surface area contributed by atoms with Crippen LogP contribution in [0, 0.1) is 0 Å². The van der Waals surface area contributed by atoms with Gasteiger partial charge in [-0.05, 0) is 18.4 Å². The smallest absolute Gasteiger partial charge is 0.0441 e. The molecule has 0 amide bonds. The second-order valence-corrected chi connectivity index (χ2v) is 14.5. The molecule has 0 aromatic heterocycles. The second kappa shape index (κ2) is 28.2. The van der Waals surface area contributed by atoms with Gasteiger partial charge in [0.05, 0.1) is 0 Å². The van der Waals surface area contributed by atoms with Crippen LogP contribution in [0.5, 0.6) is 0 Å². The molecule has 0 fully saturated rings. The summed E-state index contributed by atoms with van der Waals surface area (Å²) in [5.41, 5.74) is 0.967. The molecule has 0 spiro atoms. The molecule has 0 aromatic carbocycles. The van der Waals surface area contributed by atoms with Crippen molar-refractivity contribution in [1.82, 2.24) is 0 Å². The van der Waals surface area contributed by atoms with Crippen molar-refractivity contribution in [3.63, 3.8) is 0 Å². The quantitative estimate of drug-likeness (QED) is 0.0625. The summed E-state index contributed by atoms with van der Waals surface area (Å²) < 4.78 is 0. The van der Waals surface area contributed by atoms with Gasteiger partial charge in [0.15, 0.2) is 0 Å². The van der Waals surface area contributed by atoms with E-state index in [1.165, 1.54) is 148 Å². The maximum atomic E-state index is 2.70. The van der Waals surface area contributed by atoms with Gasteiger partial charge in [-0.2, -0.15) is 0 Å². The number of rotatable bonds is 27. The van der Waals surface area contributed by atoms with Crippen LogP contribution in [0.25, 0.3) is 0 Å². The van der Waals surface area contributed by atoms with E-state index >= 15 is 0 Å². The fourth-order valence-corrected chi connectivity index (χ4v) is 9.33. The Bertz CT molecular complexity index is 355. The molecule has 1 atom stereocenters. The lowest BCUT2D eigenvalue weighted by molar-refractivity contribution is 0.580. The zero-order chi connectivity index (χ0) is 24.2. The third kappa shape index (κ3) is 23.5. The van der Waals surface area contributed by atoms with Gasteiger partial charge in [-0.1, -0.05) is 187 Å². The lowest BCUT2D eigenvalue weighted by Gasteiger charge is -2.23. The largest absolute Gasteiger partial charge is 0.0886 e. The Kier molecular flexibility index (Phi) is 28.2. The van der Waals surface area contributed by atoms with E-state index in [4.69, 9.17) is 0 Å². The lowest BCUT2D eigenvalue weighted by Crippen LogP contribution is -2.19. The van der Waals surface area contributed by atoms with Gasteiger partial charge in [-0.25, -0.2) is 0 Å². The molecule has 0 aliphatic carbocycles. The van der Waals surface area contributed by atoms with Gasteiger partial charge in [0.1, 0.15) is 0 Å². The average Bonchev–Trinajstić information content (AvgIpc) is 2.83. The van der Waals surface area contributed by atoms with E-state index in [1.807, 2.05) is 0 Å². The third-order valence-electron chi connectivity index (χ3n) is 7.79. The van der Waals surface area contributed by atoms with Gasteiger partial charge in [-0.15, -0.1) is 0 Å². The summed E-state index contributed by atoms with van der Waals surface area (Å²) in [4.78, 5) is 0. The second-order valence-electron chi connectivity index (χ2n) is 11.0. The van der Waals surface area contributed by atoms with Crippen LogP contribution in [-0.2, 0) is 0 Å². The fourth-order valence-electron chi connectivity index (χ4n) is 5.42. The van der Waals surface area contributed by atoms with Crippen molar-refractivity contribution in [3.05, 3.63) is 12.2 Å². The van der Waals surface area contributed by atoms with E-state index in [9.17, 15) is 0 Å². The first kappa shape index (κ1) is 33.0. The SMILES string of the molecule is CCCCCCCC=CC(CC)[SiH](CCCCCCCCCC)CCCCCCCCCC. The Morgan fingerprint density at radius 2 is 0.818 bits per heavy atom. The van der Waals surface area contributed by atoms with Crippen molar-refractivity contribution >= 4 is 8.80 Å². The number of unbranched alkanes of at least 4 members (excludes halogenated alkanes) is 19. The molecule has 0 rings (SSSR count). The minimum Gasteiger partial charge on any atom is -0.0886 e. The van der Waals surface area contributed by atoms with Crippen molar-refractivity contribution < 1.29 is 0 Å². The van der Waals surface area contributed by atoms with E-state index in [0.717, 1.165) is 5.54 Å². The number of hydrogen-bond donors (Lipinski definition) is 0. The maximum Gasteiger partial charge on any atom is 0.0441 e. The molecule has 0 saturated heterocycles. The van der Waals surface area contributed by atoms with Crippen LogP contribution in [0.15, 0.2) is 12.2 Å². The summed E-state index contributed by atoms with van der Waals surface area (Å²) in [6, 6.07) is 3.23. The highest BCUT2D eigenvalue weighted by atomic mass is 28.3. The molecule has 0 aliphatic heterocycles. The zero-order valence-corrected chi connectivity index (χ0v) is 25.1. The van der Waals surface area contributed by atoms with Crippen molar-refractivity contribution in [2.75, 3.05) is 0 Å². The molecule has 0 nitrogen and oxygen atoms in total. The Labute approximate surface area is 213 Å². The lowest BCUT2D eigenvalue weighted by atomic mass is 10.1. The molecule has 33 heavy (non-hydrogen) atoms. The van der Waals surface area contributed by atoms with Crippen LogP contribution >= 0.6 is 0 Å². The summed E-state index contributed by atoms with van der Waals surface area (Å²) in [7, 11) is -0.645. The van der Waals surface area contributed by atoms with Crippen LogP contribution in [-0.4, -0.2) is 8.80 Å². The van der Waals surface area contributed by atoms with Gasteiger partial charge in [0, 0.05) is 8.80 Å². The first-order valence-corrected chi connectivity index (χ1v) is 18.3. The van der Waals surface area contributed by atoms with Crippen molar-refractivity contribution in [3.8, 4) is 0 Å². The van der Waals surface area contributed by atoms with Crippen LogP contribution in [0.3, 0.4) is 0 Å². The molecule has 0 heterocycles. The molecule has 0 aromatic rings. The van der Waals surface area contributed by atoms with E-state index < -0.39 is 8.80 Å². The van der Waals surface area contributed by atoms with E-state index in [2.05, 4.69) is 39.8 Å². The molecule has 0 radical (unpaired) electrons. The molecule has 0 saturated carbocycles. The topological polar surface area (TPSA) is 0 Å². The molecule has 0 bridgehead atoms. The third-order valence-corrected chi connectivity index (χ3v) is 12.0. The van der Waals surface area contributed by atoms with Gasteiger partial charge in [0.2, 0.25) is 0 Å². The monoisotopic (exact) mass is 478 g/mol. The Morgan fingerprint density at radius 3 is 1.21 bits per heavy atom. The first-order chi connectivity index (χ1) is 16.3. The van der Waals surface area contributed by atoms with E-state index in [1.54, 1.807) is 12.1 Å². The normalized spacial score (nSPS) is 12.9. The summed E-state index contributed by atoms with van der Waals surface area (Å²) in [6.07, 6.45) is 38.6. The fraction of sp³-hybridized carbons (Fsp3) is 0.938. The number of hydrogen-bond acceptors (Lipinski definition) is 0. The van der Waals surface area contributed by atoms with Crippen molar-refractivity contribution in [2.24, 2.45) is 0 Å². The molecular formula is C32H66Si. The highest BCUT2D eigenvalue weighted by molar-refractivity contribution is 6.61. The minimum atomic E-state index is -0.645. The predicted octanol–water partition coefficient (Wildman–Crippen LogP) is 12.2.